The number of pyridine rings is 1. The fraction of sp³-hybridized carbons (Fsp3) is 0.130. The smallest absolute Gasteiger partial charge is 0.269 e. The van der Waals surface area contributed by atoms with Gasteiger partial charge < -0.3 is 4.42 Å². The van der Waals surface area contributed by atoms with Gasteiger partial charge in [-0.1, -0.05) is 30.8 Å². The zero-order valence-electron chi connectivity index (χ0n) is 17.4. The minimum Gasteiger partial charge on any atom is -0.420 e. The Kier molecular flexibility index (Phi) is 5.24. The number of benzene rings is 2. The van der Waals surface area contributed by atoms with E-state index in [9.17, 15) is 15.4 Å². The fourth-order valence-electron chi connectivity index (χ4n) is 3.64. The first-order valence-corrected chi connectivity index (χ1v) is 11.1. The van der Waals surface area contributed by atoms with Crippen molar-refractivity contribution >= 4 is 34.1 Å². The van der Waals surface area contributed by atoms with E-state index in [0.29, 0.717) is 40.7 Å². The molecule has 5 aromatic rings. The summed E-state index contributed by atoms with van der Waals surface area (Å²) in [5, 5.41) is 29.7. The Bertz CT molecular complexity index is 1550. The highest BCUT2D eigenvalue weighted by molar-refractivity contribution is 7.98. The number of thioether (sulfide) groups is 1. The van der Waals surface area contributed by atoms with E-state index in [-0.39, 0.29) is 5.69 Å². The van der Waals surface area contributed by atoms with Crippen LogP contribution < -0.4 is 0 Å². The lowest BCUT2D eigenvalue weighted by molar-refractivity contribution is -0.384. The maximum Gasteiger partial charge on any atom is 0.269 e. The van der Waals surface area contributed by atoms with Crippen LogP contribution in [-0.2, 0) is 12.2 Å². The van der Waals surface area contributed by atoms with Crippen molar-refractivity contribution in [2.75, 3.05) is 0 Å². The highest BCUT2D eigenvalue weighted by atomic mass is 32.2. The third-order valence-electron chi connectivity index (χ3n) is 5.25. The standard InChI is InChI=1S/C23H16N6O3S/c1-2-14-11-21(28-19-6-4-3-5-18(19)25-22(28)17(14)12-24)33-13-20-26-27-23(32-20)15-7-9-16(10-8-15)29(30)31/h3-11H,2,13H2,1H3. The van der Waals surface area contributed by atoms with E-state index in [2.05, 4.69) is 16.3 Å². The molecule has 0 aliphatic heterocycles. The quantitative estimate of drug-likeness (QED) is 0.195. The van der Waals surface area contributed by atoms with Crippen LogP contribution in [-0.4, -0.2) is 24.5 Å². The first kappa shape index (κ1) is 20.7. The van der Waals surface area contributed by atoms with Crippen molar-refractivity contribution in [2.24, 2.45) is 0 Å². The lowest BCUT2D eigenvalue weighted by Crippen LogP contribution is -1.99. The first-order chi connectivity index (χ1) is 16.1. The zero-order chi connectivity index (χ0) is 22.9. The molecule has 2 aromatic carbocycles. The average Bonchev–Trinajstić information content (AvgIpc) is 3.47. The van der Waals surface area contributed by atoms with Gasteiger partial charge in [-0.2, -0.15) is 5.26 Å². The molecule has 0 bridgehead atoms. The molecule has 0 atom stereocenters. The normalized spacial score (nSPS) is 11.2. The molecule has 0 spiro atoms. The molecule has 0 aliphatic rings. The van der Waals surface area contributed by atoms with Gasteiger partial charge in [0, 0.05) is 17.7 Å². The Labute approximate surface area is 191 Å². The average molecular weight is 456 g/mol. The number of imidazole rings is 1. The minimum absolute atomic E-state index is 0.00170. The number of aryl methyl sites for hydroxylation is 1. The molecule has 0 amide bonds. The first-order valence-electron chi connectivity index (χ1n) is 10.1. The molecule has 33 heavy (non-hydrogen) atoms. The number of nitrogens with zero attached hydrogens (tertiary/aromatic N) is 6. The summed E-state index contributed by atoms with van der Waals surface area (Å²) in [5.74, 6) is 1.14. The van der Waals surface area contributed by atoms with Gasteiger partial charge in [0.05, 0.1) is 32.3 Å². The number of non-ortho nitro benzene ring substituents is 1. The number of nitro groups is 1. The number of aromatic nitrogens is 4. The van der Waals surface area contributed by atoms with E-state index in [1.54, 1.807) is 12.1 Å². The third-order valence-corrected chi connectivity index (χ3v) is 6.24. The number of hydrogen-bond donors (Lipinski definition) is 0. The number of nitro benzene ring substituents is 1. The molecule has 0 N–H and O–H groups in total. The van der Waals surface area contributed by atoms with Gasteiger partial charge in [0.25, 0.3) is 5.69 Å². The van der Waals surface area contributed by atoms with Gasteiger partial charge in [0.15, 0.2) is 5.65 Å². The molecule has 0 radical (unpaired) electrons. The van der Waals surface area contributed by atoms with Gasteiger partial charge in [-0.05, 0) is 42.3 Å². The van der Waals surface area contributed by atoms with Crippen LogP contribution in [0.5, 0.6) is 0 Å². The van der Waals surface area contributed by atoms with Crippen LogP contribution in [0.2, 0.25) is 0 Å². The van der Waals surface area contributed by atoms with Gasteiger partial charge >= 0.3 is 0 Å². The molecule has 0 saturated heterocycles. The summed E-state index contributed by atoms with van der Waals surface area (Å²) < 4.78 is 7.78. The topological polar surface area (TPSA) is 123 Å². The van der Waals surface area contributed by atoms with Crippen LogP contribution >= 0.6 is 11.8 Å². The molecular formula is C23H16N6O3S. The van der Waals surface area contributed by atoms with Crippen molar-refractivity contribution in [1.82, 2.24) is 19.6 Å². The van der Waals surface area contributed by atoms with E-state index >= 15 is 0 Å². The maximum atomic E-state index is 10.8. The Hall–Kier alpha value is -4.23. The summed E-state index contributed by atoms with van der Waals surface area (Å²) in [6.07, 6.45) is 0.709. The summed E-state index contributed by atoms with van der Waals surface area (Å²) in [6, 6.07) is 18.1. The van der Waals surface area contributed by atoms with Gasteiger partial charge in [0.1, 0.15) is 6.07 Å². The molecule has 3 aromatic heterocycles. The van der Waals surface area contributed by atoms with E-state index < -0.39 is 4.92 Å². The molecule has 3 heterocycles. The third kappa shape index (κ3) is 3.68. The van der Waals surface area contributed by atoms with Crippen LogP contribution in [0, 0.1) is 21.4 Å². The van der Waals surface area contributed by atoms with Gasteiger partial charge in [-0.25, -0.2) is 4.98 Å². The number of rotatable bonds is 6. The molecule has 0 saturated carbocycles. The molecule has 9 nitrogen and oxygen atoms in total. The summed E-state index contributed by atoms with van der Waals surface area (Å²) in [6.45, 7) is 2.01. The molecule has 162 valence electrons. The van der Waals surface area contributed by atoms with Crippen molar-refractivity contribution < 1.29 is 9.34 Å². The highest BCUT2D eigenvalue weighted by Gasteiger charge is 2.18. The Morgan fingerprint density at radius 3 is 2.70 bits per heavy atom. The number of para-hydroxylation sites is 2. The van der Waals surface area contributed by atoms with Gasteiger partial charge in [0.2, 0.25) is 11.8 Å². The van der Waals surface area contributed by atoms with Crippen LogP contribution in [0.3, 0.4) is 0 Å². The van der Waals surface area contributed by atoms with Crippen LogP contribution in [0.15, 0.2) is 64.0 Å². The Morgan fingerprint density at radius 1 is 1.18 bits per heavy atom. The lowest BCUT2D eigenvalue weighted by atomic mass is 10.1. The monoisotopic (exact) mass is 456 g/mol. The summed E-state index contributed by atoms with van der Waals surface area (Å²) >= 11 is 1.51. The van der Waals surface area contributed by atoms with Crippen molar-refractivity contribution in [3.63, 3.8) is 0 Å². The molecule has 0 fully saturated rings. The number of fused-ring (bicyclic) bond motifs is 3. The number of hydrogen-bond acceptors (Lipinski definition) is 8. The summed E-state index contributed by atoms with van der Waals surface area (Å²) in [7, 11) is 0. The van der Waals surface area contributed by atoms with Gasteiger partial charge in [-0.3, -0.25) is 14.5 Å². The number of nitriles is 1. The van der Waals surface area contributed by atoms with Crippen LogP contribution in [0.4, 0.5) is 5.69 Å². The molecule has 10 heteroatoms. The predicted molar refractivity (Wildman–Crippen MR) is 123 cm³/mol. The van der Waals surface area contributed by atoms with Crippen molar-refractivity contribution in [2.45, 2.75) is 24.1 Å². The van der Waals surface area contributed by atoms with E-state index in [1.165, 1.54) is 23.9 Å². The SMILES string of the molecule is CCc1cc(SCc2nnc(-c3ccc([N+](=O)[O-])cc3)o2)n2c(nc3ccccc32)c1C#N. The lowest BCUT2D eigenvalue weighted by Gasteiger charge is -2.10. The molecule has 0 unspecified atom stereocenters. The summed E-state index contributed by atoms with van der Waals surface area (Å²) in [5.41, 5.74) is 4.50. The van der Waals surface area contributed by atoms with Crippen LogP contribution in [0.1, 0.15) is 23.9 Å². The second-order valence-corrected chi connectivity index (χ2v) is 8.20. The predicted octanol–water partition coefficient (Wildman–Crippen LogP) is 5.17. The molecule has 0 aliphatic carbocycles. The summed E-state index contributed by atoms with van der Waals surface area (Å²) in [4.78, 5) is 15.1. The van der Waals surface area contributed by atoms with Crippen molar-refractivity contribution in [3.05, 3.63) is 81.7 Å². The Balaban J connectivity index is 1.48. The zero-order valence-corrected chi connectivity index (χ0v) is 18.2. The fourth-order valence-corrected chi connectivity index (χ4v) is 4.57. The van der Waals surface area contributed by atoms with Gasteiger partial charge in [-0.15, -0.1) is 10.2 Å². The second kappa shape index (κ2) is 8.37. The van der Waals surface area contributed by atoms with Crippen molar-refractivity contribution in [1.29, 1.82) is 5.26 Å². The van der Waals surface area contributed by atoms with Crippen LogP contribution in [0.25, 0.3) is 28.1 Å². The van der Waals surface area contributed by atoms with E-state index in [0.717, 1.165) is 21.6 Å². The van der Waals surface area contributed by atoms with E-state index in [4.69, 9.17) is 9.40 Å². The highest BCUT2D eigenvalue weighted by Crippen LogP contribution is 2.32. The second-order valence-electron chi connectivity index (χ2n) is 7.20. The molecule has 5 rings (SSSR count). The van der Waals surface area contributed by atoms with E-state index in [1.807, 2.05) is 41.7 Å². The van der Waals surface area contributed by atoms with Crippen molar-refractivity contribution in [3.8, 4) is 17.5 Å². The minimum atomic E-state index is -0.456. The maximum absolute atomic E-state index is 10.8. The molecular weight excluding hydrogens is 440 g/mol. The largest absolute Gasteiger partial charge is 0.420 e. The Morgan fingerprint density at radius 2 is 1.97 bits per heavy atom.